The number of aliphatic hydroxyl groups excluding tert-OH is 11. The smallest absolute Gasteiger partial charge is 0.190 e. The molecule has 15 atom stereocenters. The van der Waals surface area contributed by atoms with Crippen molar-refractivity contribution in [2.24, 2.45) is 0 Å². The molecule has 0 aromatic carbocycles. The van der Waals surface area contributed by atoms with Crippen LogP contribution in [0.25, 0.3) is 0 Å². The molecule has 3 saturated heterocycles. The summed E-state index contributed by atoms with van der Waals surface area (Å²) in [4.78, 5) is 0. The van der Waals surface area contributed by atoms with Crippen LogP contribution in [0.3, 0.4) is 0 Å². The van der Waals surface area contributed by atoms with Crippen LogP contribution in [-0.2, 0) is 23.7 Å². The molecule has 0 saturated carbocycles. The Labute approximate surface area is 192 Å². The van der Waals surface area contributed by atoms with E-state index in [-0.39, 0.29) is 0 Å². The summed E-state index contributed by atoms with van der Waals surface area (Å²) in [7, 11) is 0. The molecule has 0 aromatic rings. The van der Waals surface area contributed by atoms with Crippen molar-refractivity contribution in [2.75, 3.05) is 19.8 Å². The van der Waals surface area contributed by atoms with Crippen molar-refractivity contribution in [3.63, 3.8) is 0 Å². The fraction of sp³-hybridized carbons (Fsp3) is 1.00. The monoisotopic (exact) mass is 504 g/mol. The van der Waals surface area contributed by atoms with E-state index < -0.39 is 112 Å². The lowest BCUT2D eigenvalue weighted by Gasteiger charge is -2.47. The summed E-state index contributed by atoms with van der Waals surface area (Å²) in [6.07, 6.45) is -25.6. The van der Waals surface area contributed by atoms with Crippen LogP contribution < -0.4 is 0 Å². The predicted molar refractivity (Wildman–Crippen MR) is 101 cm³/mol. The van der Waals surface area contributed by atoms with E-state index >= 15 is 0 Å². The molecule has 0 aromatic heterocycles. The molecule has 16 heteroatoms. The molecular weight excluding hydrogens is 472 g/mol. The molecule has 0 bridgehead atoms. The van der Waals surface area contributed by atoms with Crippen molar-refractivity contribution >= 4 is 0 Å². The van der Waals surface area contributed by atoms with E-state index in [4.69, 9.17) is 23.7 Å². The molecule has 3 fully saturated rings. The summed E-state index contributed by atoms with van der Waals surface area (Å²) in [5.74, 6) is 0. The van der Waals surface area contributed by atoms with Gasteiger partial charge in [0, 0.05) is 0 Å². The van der Waals surface area contributed by atoms with Crippen molar-refractivity contribution in [1.29, 1.82) is 0 Å². The molecule has 34 heavy (non-hydrogen) atoms. The first-order valence-electron chi connectivity index (χ1n) is 10.6. The van der Waals surface area contributed by atoms with Crippen LogP contribution in [0, 0.1) is 0 Å². The second kappa shape index (κ2) is 11.6. The van der Waals surface area contributed by atoms with Gasteiger partial charge in [0.2, 0.25) is 0 Å². The van der Waals surface area contributed by atoms with E-state index in [1.54, 1.807) is 0 Å². The molecule has 0 amide bonds. The van der Waals surface area contributed by atoms with E-state index in [9.17, 15) is 56.2 Å². The van der Waals surface area contributed by atoms with Gasteiger partial charge in [-0.25, -0.2) is 0 Å². The van der Waals surface area contributed by atoms with Gasteiger partial charge in [0.25, 0.3) is 0 Å². The molecule has 2 unspecified atom stereocenters. The van der Waals surface area contributed by atoms with Gasteiger partial charge in [-0.3, -0.25) is 0 Å². The molecule has 200 valence electrons. The van der Waals surface area contributed by atoms with Gasteiger partial charge >= 0.3 is 0 Å². The Bertz CT molecular complexity index is 637. The van der Waals surface area contributed by atoms with Crippen molar-refractivity contribution in [3.05, 3.63) is 0 Å². The van der Waals surface area contributed by atoms with Crippen molar-refractivity contribution in [2.45, 2.75) is 92.1 Å². The first-order chi connectivity index (χ1) is 16.0. The Balaban J connectivity index is 1.81. The quantitative estimate of drug-likeness (QED) is 0.154. The molecule has 0 spiro atoms. The van der Waals surface area contributed by atoms with E-state index in [0.29, 0.717) is 0 Å². The molecular formula is C18H32O16. The van der Waals surface area contributed by atoms with Gasteiger partial charge in [0.15, 0.2) is 18.9 Å². The predicted octanol–water partition coefficient (Wildman–Crippen LogP) is -7.57. The molecule has 16 nitrogen and oxygen atoms in total. The summed E-state index contributed by atoms with van der Waals surface area (Å²) in [6, 6.07) is 0. The lowest BCUT2D eigenvalue weighted by Crippen LogP contribution is -2.66. The van der Waals surface area contributed by atoms with Crippen molar-refractivity contribution < 1.29 is 79.9 Å². The van der Waals surface area contributed by atoms with Crippen molar-refractivity contribution in [1.82, 2.24) is 0 Å². The largest absolute Gasteiger partial charge is 0.394 e. The third-order valence-corrected chi connectivity index (χ3v) is 6.08. The second-order valence-electron chi connectivity index (χ2n) is 8.34. The zero-order valence-electron chi connectivity index (χ0n) is 17.7. The molecule has 3 heterocycles. The summed E-state index contributed by atoms with van der Waals surface area (Å²) >= 11 is 0. The molecule has 0 radical (unpaired) electrons. The Morgan fingerprint density at radius 1 is 0.412 bits per heavy atom. The average Bonchev–Trinajstić information content (AvgIpc) is 2.83. The molecule has 3 rings (SSSR count). The molecule has 0 aliphatic carbocycles. The molecule has 3 aliphatic rings. The highest BCUT2D eigenvalue weighted by atomic mass is 16.8. The third kappa shape index (κ3) is 5.37. The number of rotatable bonds is 7. The SMILES string of the molecule is OC[C@H]1O[C@@H](OC2O[C@H](CO)[C@H](O)[C@H](O)[C@H]2O)[C@H](OC2O[C@H](CO)[C@H](O)[C@H](O)[C@H]2O)[C@@H](O)[C@H]1O. The minimum Gasteiger partial charge on any atom is -0.394 e. The highest BCUT2D eigenvalue weighted by Gasteiger charge is 2.53. The first-order valence-corrected chi connectivity index (χ1v) is 10.6. The van der Waals surface area contributed by atoms with Crippen LogP contribution in [0.4, 0.5) is 0 Å². The minimum absolute atomic E-state index is 0.762. The van der Waals surface area contributed by atoms with Gasteiger partial charge in [0.05, 0.1) is 19.8 Å². The van der Waals surface area contributed by atoms with Gasteiger partial charge in [-0.2, -0.15) is 0 Å². The van der Waals surface area contributed by atoms with Crippen molar-refractivity contribution in [3.8, 4) is 0 Å². The Kier molecular flexibility index (Phi) is 9.54. The Morgan fingerprint density at radius 3 is 1.18 bits per heavy atom. The first kappa shape index (κ1) is 27.9. The maximum absolute atomic E-state index is 10.6. The van der Waals surface area contributed by atoms with Gasteiger partial charge in [0.1, 0.15) is 73.2 Å². The fourth-order valence-corrected chi connectivity index (χ4v) is 3.96. The zero-order valence-corrected chi connectivity index (χ0v) is 17.7. The fourth-order valence-electron chi connectivity index (χ4n) is 3.96. The lowest BCUT2D eigenvalue weighted by atomic mass is 9.97. The van der Waals surface area contributed by atoms with Gasteiger partial charge in [-0.1, -0.05) is 0 Å². The van der Waals surface area contributed by atoms with E-state index in [2.05, 4.69) is 0 Å². The Morgan fingerprint density at radius 2 is 0.765 bits per heavy atom. The molecule has 3 aliphatic heterocycles. The van der Waals surface area contributed by atoms with Crippen LogP contribution in [0.1, 0.15) is 0 Å². The number of hydrogen-bond acceptors (Lipinski definition) is 16. The van der Waals surface area contributed by atoms with Crippen LogP contribution in [-0.4, -0.2) is 168 Å². The second-order valence-corrected chi connectivity index (χ2v) is 8.34. The van der Waals surface area contributed by atoms with Gasteiger partial charge in [-0.05, 0) is 0 Å². The van der Waals surface area contributed by atoms with Crippen LogP contribution in [0.15, 0.2) is 0 Å². The van der Waals surface area contributed by atoms with Crippen LogP contribution in [0.5, 0.6) is 0 Å². The number of aliphatic hydroxyl groups is 11. The van der Waals surface area contributed by atoms with Gasteiger partial charge in [-0.15, -0.1) is 0 Å². The summed E-state index contributed by atoms with van der Waals surface area (Å²) < 4.78 is 26.8. The standard InChI is InChI=1S/C18H32O16/c19-1-4-7(22)10(25)13(28)16(30-4)33-15-12(27)9(24)6(3-21)32-18(15)34-17-14(29)11(26)8(23)5(2-20)31-17/h4-29H,1-3H2/t4-,5-,6-,7+,8+,9+,10+,11+,12+,13-,14-,15-,16?,17?,18+/m1/s1. The highest BCUT2D eigenvalue weighted by molar-refractivity contribution is 4.95. The highest BCUT2D eigenvalue weighted by Crippen LogP contribution is 2.32. The summed E-state index contributed by atoms with van der Waals surface area (Å²) in [5.41, 5.74) is 0. The number of hydrogen-bond donors (Lipinski definition) is 11. The number of ether oxygens (including phenoxy) is 5. The van der Waals surface area contributed by atoms with Crippen LogP contribution >= 0.6 is 0 Å². The maximum Gasteiger partial charge on any atom is 0.190 e. The molecule has 11 N–H and O–H groups in total. The average molecular weight is 504 g/mol. The zero-order chi connectivity index (χ0) is 25.3. The normalized spacial score (nSPS) is 52.5. The Hall–Kier alpha value is -0.640. The maximum atomic E-state index is 10.6. The van der Waals surface area contributed by atoms with Crippen LogP contribution in [0.2, 0.25) is 0 Å². The van der Waals surface area contributed by atoms with E-state index in [0.717, 1.165) is 0 Å². The third-order valence-electron chi connectivity index (χ3n) is 6.08. The van der Waals surface area contributed by atoms with E-state index in [1.807, 2.05) is 0 Å². The topological polar surface area (TPSA) is 269 Å². The lowest BCUT2D eigenvalue weighted by molar-refractivity contribution is -0.401. The van der Waals surface area contributed by atoms with Gasteiger partial charge < -0.3 is 79.9 Å². The summed E-state index contributed by atoms with van der Waals surface area (Å²) in [5, 5.41) is 109. The minimum atomic E-state index is -1.88. The summed E-state index contributed by atoms with van der Waals surface area (Å²) in [6.45, 7) is -2.32. The van der Waals surface area contributed by atoms with E-state index in [1.165, 1.54) is 0 Å².